The lowest BCUT2D eigenvalue weighted by Gasteiger charge is -2.13. The molecular weight excluding hydrogens is 287 g/mol. The van der Waals surface area contributed by atoms with Crippen molar-refractivity contribution >= 4 is 11.8 Å². The normalized spacial score (nSPS) is 12.8. The lowest BCUT2D eigenvalue weighted by atomic mass is 10.2. The van der Waals surface area contributed by atoms with Gasteiger partial charge in [0.25, 0.3) is 0 Å². The largest absolute Gasteiger partial charge is 0.327 e. The molecule has 1 aromatic carbocycles. The summed E-state index contributed by atoms with van der Waals surface area (Å²) >= 11 is 1.44. The molecule has 0 spiro atoms. The van der Waals surface area contributed by atoms with E-state index in [1.165, 1.54) is 17.8 Å². The van der Waals surface area contributed by atoms with Crippen LogP contribution in [0.1, 0.15) is 19.7 Å². The van der Waals surface area contributed by atoms with E-state index >= 15 is 0 Å². The van der Waals surface area contributed by atoms with Gasteiger partial charge in [-0.3, -0.25) is 0 Å². The molecule has 6 heteroatoms. The molecule has 1 aromatic heterocycles. The fourth-order valence-electron chi connectivity index (χ4n) is 2.00. The SMILES string of the molecule is CC(C)Cn1ncnc1CC(N)CSc1ccccc1F. The number of hydrogen-bond donors (Lipinski definition) is 1. The highest BCUT2D eigenvalue weighted by Gasteiger charge is 2.12. The van der Waals surface area contributed by atoms with Gasteiger partial charge in [0.05, 0.1) is 0 Å². The number of rotatable bonds is 7. The summed E-state index contributed by atoms with van der Waals surface area (Å²) in [4.78, 5) is 4.91. The average molecular weight is 308 g/mol. The van der Waals surface area contributed by atoms with Gasteiger partial charge >= 0.3 is 0 Å². The first-order chi connectivity index (χ1) is 10.1. The molecule has 0 fully saturated rings. The van der Waals surface area contributed by atoms with Crippen molar-refractivity contribution in [2.24, 2.45) is 11.7 Å². The minimum absolute atomic E-state index is 0.0790. The lowest BCUT2D eigenvalue weighted by Crippen LogP contribution is -2.28. The Balaban J connectivity index is 1.89. The molecule has 1 heterocycles. The highest BCUT2D eigenvalue weighted by molar-refractivity contribution is 7.99. The van der Waals surface area contributed by atoms with Crippen molar-refractivity contribution in [3.8, 4) is 0 Å². The van der Waals surface area contributed by atoms with Crippen molar-refractivity contribution in [1.82, 2.24) is 14.8 Å². The summed E-state index contributed by atoms with van der Waals surface area (Å²) in [6.45, 7) is 5.11. The van der Waals surface area contributed by atoms with Gasteiger partial charge in [-0.2, -0.15) is 5.10 Å². The van der Waals surface area contributed by atoms with Crippen molar-refractivity contribution < 1.29 is 4.39 Å². The van der Waals surface area contributed by atoms with Crippen molar-refractivity contribution in [1.29, 1.82) is 0 Å². The molecule has 0 saturated carbocycles. The third-order valence-electron chi connectivity index (χ3n) is 2.97. The van der Waals surface area contributed by atoms with E-state index in [0.717, 1.165) is 12.4 Å². The molecule has 0 saturated heterocycles. The van der Waals surface area contributed by atoms with Crippen LogP contribution in [0.3, 0.4) is 0 Å². The Kier molecular flexibility index (Phi) is 5.76. The lowest BCUT2D eigenvalue weighted by molar-refractivity contribution is 0.461. The van der Waals surface area contributed by atoms with Crippen molar-refractivity contribution in [3.63, 3.8) is 0 Å². The second-order valence-corrected chi connectivity index (χ2v) is 6.52. The van der Waals surface area contributed by atoms with E-state index in [4.69, 9.17) is 5.73 Å². The average Bonchev–Trinajstić information content (AvgIpc) is 2.84. The van der Waals surface area contributed by atoms with Gasteiger partial charge in [0.15, 0.2) is 0 Å². The van der Waals surface area contributed by atoms with Crippen molar-refractivity contribution in [3.05, 3.63) is 42.2 Å². The Bertz CT molecular complexity index is 570. The Labute approximate surface area is 128 Å². The summed E-state index contributed by atoms with van der Waals surface area (Å²) in [7, 11) is 0. The number of nitrogens with two attached hydrogens (primary N) is 1. The highest BCUT2D eigenvalue weighted by atomic mass is 32.2. The molecule has 21 heavy (non-hydrogen) atoms. The van der Waals surface area contributed by atoms with E-state index in [9.17, 15) is 4.39 Å². The first kappa shape index (κ1) is 16.0. The molecule has 2 aromatic rings. The van der Waals surface area contributed by atoms with Crippen LogP contribution in [0.4, 0.5) is 4.39 Å². The Hall–Kier alpha value is -1.40. The van der Waals surface area contributed by atoms with Crippen LogP contribution in [-0.4, -0.2) is 26.6 Å². The predicted molar refractivity (Wildman–Crippen MR) is 83.7 cm³/mol. The third kappa shape index (κ3) is 4.82. The van der Waals surface area contributed by atoms with E-state index < -0.39 is 0 Å². The second kappa shape index (κ2) is 7.56. The first-order valence-corrected chi connectivity index (χ1v) is 8.04. The van der Waals surface area contributed by atoms with Crippen LogP contribution in [-0.2, 0) is 13.0 Å². The van der Waals surface area contributed by atoms with Gasteiger partial charge in [-0.05, 0) is 18.1 Å². The zero-order chi connectivity index (χ0) is 15.2. The number of aromatic nitrogens is 3. The van der Waals surface area contributed by atoms with Crippen LogP contribution in [0.2, 0.25) is 0 Å². The molecule has 2 N–H and O–H groups in total. The van der Waals surface area contributed by atoms with Crippen molar-refractivity contribution in [2.75, 3.05) is 5.75 Å². The van der Waals surface area contributed by atoms with Crippen molar-refractivity contribution in [2.45, 2.75) is 37.8 Å². The Morgan fingerprint density at radius 3 is 2.81 bits per heavy atom. The fourth-order valence-corrected chi connectivity index (χ4v) is 2.89. The zero-order valence-electron chi connectivity index (χ0n) is 12.4. The Morgan fingerprint density at radius 1 is 1.33 bits per heavy atom. The van der Waals surface area contributed by atoms with Crippen LogP contribution in [0.25, 0.3) is 0 Å². The Morgan fingerprint density at radius 2 is 2.10 bits per heavy atom. The minimum Gasteiger partial charge on any atom is -0.327 e. The second-order valence-electron chi connectivity index (χ2n) is 5.46. The minimum atomic E-state index is -0.197. The molecule has 0 radical (unpaired) electrons. The topological polar surface area (TPSA) is 56.7 Å². The first-order valence-electron chi connectivity index (χ1n) is 7.06. The maximum atomic E-state index is 13.5. The van der Waals surface area contributed by atoms with Gasteiger partial charge in [-0.15, -0.1) is 11.8 Å². The summed E-state index contributed by atoms with van der Waals surface area (Å²) in [6.07, 6.45) is 2.21. The molecule has 114 valence electrons. The molecule has 1 unspecified atom stereocenters. The van der Waals surface area contributed by atoms with Gasteiger partial charge in [0, 0.05) is 29.7 Å². The summed E-state index contributed by atoms with van der Waals surface area (Å²) in [5, 5.41) is 4.23. The monoisotopic (exact) mass is 308 g/mol. The van der Waals surface area contributed by atoms with Gasteiger partial charge < -0.3 is 5.73 Å². The maximum absolute atomic E-state index is 13.5. The van der Waals surface area contributed by atoms with Gasteiger partial charge in [-0.1, -0.05) is 26.0 Å². The molecule has 2 rings (SSSR count). The molecule has 0 bridgehead atoms. The van der Waals surface area contributed by atoms with E-state index in [1.54, 1.807) is 18.5 Å². The number of thioether (sulfide) groups is 1. The third-order valence-corrected chi connectivity index (χ3v) is 4.21. The van der Waals surface area contributed by atoms with Gasteiger partial charge in [0.2, 0.25) is 0 Å². The van der Waals surface area contributed by atoms with Gasteiger partial charge in [-0.25, -0.2) is 14.1 Å². The molecule has 0 aliphatic rings. The summed E-state index contributed by atoms with van der Waals surface area (Å²) in [6, 6.07) is 6.68. The van der Waals surface area contributed by atoms with E-state index in [2.05, 4.69) is 23.9 Å². The van der Waals surface area contributed by atoms with E-state index in [-0.39, 0.29) is 11.9 Å². The van der Waals surface area contributed by atoms with Crippen LogP contribution < -0.4 is 5.73 Å². The highest BCUT2D eigenvalue weighted by Crippen LogP contribution is 2.22. The summed E-state index contributed by atoms with van der Waals surface area (Å²) in [5.41, 5.74) is 6.14. The molecule has 0 aliphatic carbocycles. The summed E-state index contributed by atoms with van der Waals surface area (Å²) in [5.74, 6) is 1.85. The fraction of sp³-hybridized carbons (Fsp3) is 0.467. The zero-order valence-corrected chi connectivity index (χ0v) is 13.2. The number of halogens is 1. The molecule has 0 amide bonds. The van der Waals surface area contributed by atoms with Crippen LogP contribution in [0.15, 0.2) is 35.5 Å². The molecular formula is C15H21FN4S. The van der Waals surface area contributed by atoms with E-state index in [1.807, 2.05) is 10.7 Å². The number of benzene rings is 1. The quantitative estimate of drug-likeness (QED) is 0.799. The predicted octanol–water partition coefficient (Wildman–Crippen LogP) is 2.74. The molecule has 4 nitrogen and oxygen atoms in total. The number of hydrogen-bond acceptors (Lipinski definition) is 4. The van der Waals surface area contributed by atoms with E-state index in [0.29, 0.717) is 23.0 Å². The van der Waals surface area contributed by atoms with Crippen LogP contribution >= 0.6 is 11.8 Å². The van der Waals surface area contributed by atoms with Crippen LogP contribution in [0, 0.1) is 11.7 Å². The standard InChI is InChI=1S/C15H21FN4S/c1-11(2)8-20-15(18-10-19-20)7-12(17)9-21-14-6-4-3-5-13(14)16/h3-6,10-12H,7-9,17H2,1-2H3. The molecule has 1 atom stereocenters. The smallest absolute Gasteiger partial charge is 0.138 e. The summed E-state index contributed by atoms with van der Waals surface area (Å²) < 4.78 is 15.4. The number of nitrogens with zero attached hydrogens (tertiary/aromatic N) is 3. The van der Waals surface area contributed by atoms with Crippen LogP contribution in [0.5, 0.6) is 0 Å². The molecule has 0 aliphatic heterocycles. The van der Waals surface area contributed by atoms with Gasteiger partial charge in [0.1, 0.15) is 18.0 Å². The maximum Gasteiger partial charge on any atom is 0.138 e.